The molecule has 0 radical (unpaired) electrons. The molecule has 4 N–H and O–H groups in total. The number of hydrogen-bond donors (Lipinski definition) is 3. The van der Waals surface area contributed by atoms with E-state index in [1.54, 1.807) is 27.7 Å². The molecule has 1 unspecified atom stereocenters. The summed E-state index contributed by atoms with van der Waals surface area (Å²) in [4.78, 5) is 11.7. The number of nitrogens with one attached hydrogen (secondary N) is 1. The van der Waals surface area contributed by atoms with Gasteiger partial charge in [-0.3, -0.25) is 5.32 Å². The summed E-state index contributed by atoms with van der Waals surface area (Å²) in [6, 6.07) is 4.12. The lowest BCUT2D eigenvalue weighted by Crippen LogP contribution is -2.36. The zero-order chi connectivity index (χ0) is 16.3. The molecule has 118 valence electrons. The van der Waals surface area contributed by atoms with Crippen LogP contribution in [-0.2, 0) is 10.2 Å². The van der Waals surface area contributed by atoms with Gasteiger partial charge in [0.2, 0.25) is 0 Å². The van der Waals surface area contributed by atoms with Gasteiger partial charge in [-0.1, -0.05) is 6.92 Å². The van der Waals surface area contributed by atoms with Gasteiger partial charge in [-0.2, -0.15) is 0 Å². The fourth-order valence-electron chi connectivity index (χ4n) is 1.75. The summed E-state index contributed by atoms with van der Waals surface area (Å²) in [6.07, 6.45) is -0.626. The van der Waals surface area contributed by atoms with Gasteiger partial charge in [-0.25, -0.2) is 9.18 Å². The molecule has 1 rings (SSSR count). The van der Waals surface area contributed by atoms with Gasteiger partial charge in [-0.05, 0) is 44.5 Å². The topological polar surface area (TPSA) is 84.6 Å². The van der Waals surface area contributed by atoms with Crippen molar-refractivity contribution in [3.05, 3.63) is 29.6 Å². The summed E-state index contributed by atoms with van der Waals surface area (Å²) < 4.78 is 19.1. The van der Waals surface area contributed by atoms with Crippen LogP contribution in [0.15, 0.2) is 18.2 Å². The SMILES string of the molecule is CC(C)(C)OC(=O)Nc1ccc(F)c(C(C)(CN)CO)c1. The van der Waals surface area contributed by atoms with Gasteiger partial charge in [0.15, 0.2) is 0 Å². The molecule has 1 aromatic carbocycles. The molecule has 1 amide bonds. The van der Waals surface area contributed by atoms with E-state index in [1.165, 1.54) is 18.2 Å². The van der Waals surface area contributed by atoms with Gasteiger partial charge in [-0.15, -0.1) is 0 Å². The minimum atomic E-state index is -0.907. The molecule has 0 bridgehead atoms. The molecular weight excluding hydrogens is 275 g/mol. The average molecular weight is 298 g/mol. The number of carbonyl (C=O) groups is 1. The van der Waals surface area contributed by atoms with Gasteiger partial charge in [0.25, 0.3) is 0 Å². The molecule has 1 aromatic rings. The van der Waals surface area contributed by atoms with Crippen molar-refractivity contribution >= 4 is 11.8 Å². The Bertz CT molecular complexity index is 508. The molecule has 0 aliphatic carbocycles. The molecule has 0 aromatic heterocycles. The third-order valence-electron chi connectivity index (χ3n) is 3.06. The summed E-state index contributed by atoms with van der Waals surface area (Å²) in [5, 5.41) is 12.0. The molecule has 0 aliphatic heterocycles. The summed E-state index contributed by atoms with van der Waals surface area (Å²) in [5.41, 5.74) is 4.72. The Morgan fingerprint density at radius 1 is 1.38 bits per heavy atom. The van der Waals surface area contributed by atoms with E-state index in [2.05, 4.69) is 5.32 Å². The van der Waals surface area contributed by atoms with Crippen molar-refractivity contribution in [3.63, 3.8) is 0 Å². The van der Waals surface area contributed by atoms with E-state index < -0.39 is 22.9 Å². The number of halogens is 1. The Hall–Kier alpha value is -1.66. The predicted octanol–water partition coefficient (Wildman–Crippen LogP) is 2.38. The summed E-state index contributed by atoms with van der Waals surface area (Å²) in [5.74, 6) is -0.480. The summed E-state index contributed by atoms with van der Waals surface area (Å²) >= 11 is 0. The summed E-state index contributed by atoms with van der Waals surface area (Å²) in [7, 11) is 0. The van der Waals surface area contributed by atoms with Crippen molar-refractivity contribution in [1.82, 2.24) is 0 Å². The monoisotopic (exact) mass is 298 g/mol. The molecule has 0 heterocycles. The molecule has 0 saturated carbocycles. The standard InChI is InChI=1S/C15H23FN2O3/c1-14(2,3)21-13(20)18-10-5-6-12(16)11(7-10)15(4,8-17)9-19/h5-7,19H,8-9,17H2,1-4H3,(H,18,20). The van der Waals surface area contributed by atoms with Crippen LogP contribution in [0.25, 0.3) is 0 Å². The van der Waals surface area contributed by atoms with Crippen LogP contribution in [0, 0.1) is 5.82 Å². The highest BCUT2D eigenvalue weighted by Crippen LogP contribution is 2.27. The maximum Gasteiger partial charge on any atom is 0.412 e. The van der Waals surface area contributed by atoms with Crippen LogP contribution in [0.4, 0.5) is 14.9 Å². The Labute approximate surface area is 124 Å². The van der Waals surface area contributed by atoms with Crippen LogP contribution >= 0.6 is 0 Å². The van der Waals surface area contributed by atoms with Crippen LogP contribution < -0.4 is 11.1 Å². The molecule has 0 aliphatic rings. The van der Waals surface area contributed by atoms with Gasteiger partial charge in [0.05, 0.1) is 6.61 Å². The number of aliphatic hydroxyl groups excluding tert-OH is 1. The van der Waals surface area contributed by atoms with Crippen molar-refractivity contribution in [2.24, 2.45) is 5.73 Å². The number of ether oxygens (including phenoxy) is 1. The number of carbonyl (C=O) groups excluding carboxylic acids is 1. The van der Waals surface area contributed by atoms with Gasteiger partial charge in [0, 0.05) is 17.6 Å². The minimum Gasteiger partial charge on any atom is -0.444 e. The van der Waals surface area contributed by atoms with Crippen molar-refractivity contribution in [1.29, 1.82) is 0 Å². The third kappa shape index (κ3) is 4.68. The average Bonchev–Trinajstić information content (AvgIpc) is 2.38. The Morgan fingerprint density at radius 2 is 2.00 bits per heavy atom. The molecule has 0 spiro atoms. The van der Waals surface area contributed by atoms with Crippen LogP contribution in [0.1, 0.15) is 33.3 Å². The fourth-order valence-corrected chi connectivity index (χ4v) is 1.75. The van der Waals surface area contributed by atoms with Crippen molar-refractivity contribution in [2.75, 3.05) is 18.5 Å². The van der Waals surface area contributed by atoms with E-state index in [0.29, 0.717) is 5.69 Å². The zero-order valence-electron chi connectivity index (χ0n) is 12.9. The smallest absolute Gasteiger partial charge is 0.412 e. The molecule has 21 heavy (non-hydrogen) atoms. The second kappa shape index (κ2) is 6.41. The minimum absolute atomic E-state index is 0.0797. The first-order valence-electron chi connectivity index (χ1n) is 6.72. The van der Waals surface area contributed by atoms with Gasteiger partial charge in [0.1, 0.15) is 11.4 Å². The Kier molecular flexibility index (Phi) is 5.31. The predicted molar refractivity (Wildman–Crippen MR) is 79.7 cm³/mol. The number of amides is 1. The Morgan fingerprint density at radius 3 is 2.48 bits per heavy atom. The second-order valence-corrected chi connectivity index (χ2v) is 6.24. The molecule has 0 fully saturated rings. The number of aliphatic hydroxyl groups is 1. The van der Waals surface area contributed by atoms with Gasteiger partial charge < -0.3 is 15.6 Å². The maximum absolute atomic E-state index is 13.9. The first-order valence-corrected chi connectivity index (χ1v) is 6.72. The second-order valence-electron chi connectivity index (χ2n) is 6.24. The number of hydrogen-bond acceptors (Lipinski definition) is 4. The maximum atomic E-state index is 13.9. The number of anilines is 1. The third-order valence-corrected chi connectivity index (χ3v) is 3.06. The zero-order valence-corrected chi connectivity index (χ0v) is 12.9. The first-order chi connectivity index (χ1) is 9.61. The van der Waals surface area contributed by atoms with Crippen LogP contribution in [0.2, 0.25) is 0 Å². The number of benzene rings is 1. The van der Waals surface area contributed by atoms with E-state index in [1.807, 2.05) is 0 Å². The quantitative estimate of drug-likeness (QED) is 0.797. The van der Waals surface area contributed by atoms with E-state index >= 15 is 0 Å². The van der Waals surface area contributed by atoms with E-state index in [9.17, 15) is 14.3 Å². The molecular formula is C15H23FN2O3. The molecule has 5 nitrogen and oxygen atoms in total. The highest BCUT2D eigenvalue weighted by Gasteiger charge is 2.28. The highest BCUT2D eigenvalue weighted by atomic mass is 19.1. The molecule has 1 atom stereocenters. The molecule has 0 saturated heterocycles. The van der Waals surface area contributed by atoms with E-state index in [4.69, 9.17) is 10.5 Å². The lowest BCUT2D eigenvalue weighted by Gasteiger charge is -2.27. The first kappa shape index (κ1) is 17.4. The number of rotatable bonds is 4. The molecule has 6 heteroatoms. The normalized spacial score (nSPS) is 14.4. The van der Waals surface area contributed by atoms with Gasteiger partial charge >= 0.3 is 6.09 Å². The van der Waals surface area contributed by atoms with E-state index in [-0.39, 0.29) is 18.7 Å². The van der Waals surface area contributed by atoms with Crippen molar-refractivity contribution in [3.8, 4) is 0 Å². The van der Waals surface area contributed by atoms with Crippen molar-refractivity contribution < 1.29 is 19.0 Å². The van der Waals surface area contributed by atoms with Crippen LogP contribution in [0.3, 0.4) is 0 Å². The van der Waals surface area contributed by atoms with Crippen molar-refractivity contribution in [2.45, 2.75) is 38.7 Å². The van der Waals surface area contributed by atoms with Crippen LogP contribution in [-0.4, -0.2) is 30.0 Å². The summed E-state index contributed by atoms with van der Waals surface area (Å²) in [6.45, 7) is 6.69. The largest absolute Gasteiger partial charge is 0.444 e. The fraction of sp³-hybridized carbons (Fsp3) is 0.533. The van der Waals surface area contributed by atoms with Crippen LogP contribution in [0.5, 0.6) is 0 Å². The highest BCUT2D eigenvalue weighted by molar-refractivity contribution is 5.85. The lowest BCUT2D eigenvalue weighted by atomic mass is 9.83. The van der Waals surface area contributed by atoms with E-state index in [0.717, 1.165) is 0 Å². The number of nitrogens with two attached hydrogens (primary N) is 1. The lowest BCUT2D eigenvalue weighted by molar-refractivity contribution is 0.0636. The Balaban J connectivity index is 3.00.